The Hall–Kier alpha value is -1.85. The molecule has 0 aliphatic carbocycles. The number of methoxy groups -OCH3 is 1. The lowest BCUT2D eigenvalue weighted by Gasteiger charge is -2.09. The molecule has 0 fully saturated rings. The fraction of sp³-hybridized carbons (Fsp3) is 0.143. The van der Waals surface area contributed by atoms with Gasteiger partial charge in [0.25, 0.3) is 5.91 Å². The number of halogens is 1. The van der Waals surface area contributed by atoms with Gasteiger partial charge in [0.1, 0.15) is 0 Å². The smallest absolute Gasteiger partial charge is 0.337 e. The molecule has 1 aromatic heterocycles. The largest absolute Gasteiger partial charge is 0.465 e. The summed E-state index contributed by atoms with van der Waals surface area (Å²) in [6.07, 6.45) is 0. The number of nitrogens with one attached hydrogen (secondary N) is 1. The maximum atomic E-state index is 12.1. The molecule has 0 atom stereocenters. The summed E-state index contributed by atoms with van der Waals surface area (Å²) in [4.78, 5) is 24.1. The number of benzene rings is 1. The summed E-state index contributed by atoms with van der Waals surface area (Å²) in [5.74, 6) is -0.702. The first kappa shape index (κ1) is 14.6. The predicted octanol–water partition coefficient (Wildman–Crippen LogP) is 3.75. The first-order valence-electron chi connectivity index (χ1n) is 5.77. The van der Waals surface area contributed by atoms with Crippen LogP contribution in [0, 0.1) is 6.92 Å². The first-order chi connectivity index (χ1) is 9.51. The third-order valence-electron chi connectivity index (χ3n) is 2.70. The van der Waals surface area contributed by atoms with E-state index in [0.717, 1.165) is 5.56 Å². The molecule has 0 bridgehead atoms. The third kappa shape index (κ3) is 3.18. The quantitative estimate of drug-likeness (QED) is 0.879. The van der Waals surface area contributed by atoms with E-state index >= 15 is 0 Å². The van der Waals surface area contributed by atoms with Crippen molar-refractivity contribution in [3.63, 3.8) is 0 Å². The first-order valence-corrected chi connectivity index (χ1v) is 6.96. The third-order valence-corrected chi connectivity index (χ3v) is 3.93. The Morgan fingerprint density at radius 2 is 2.00 bits per heavy atom. The lowest BCUT2D eigenvalue weighted by molar-refractivity contribution is 0.0600. The average Bonchev–Trinajstić information content (AvgIpc) is 2.87. The Morgan fingerprint density at radius 1 is 1.25 bits per heavy atom. The molecule has 0 spiro atoms. The maximum Gasteiger partial charge on any atom is 0.337 e. The number of hydrogen-bond donors (Lipinski definition) is 1. The number of thiophene rings is 1. The van der Waals surface area contributed by atoms with Crippen molar-refractivity contribution in [2.75, 3.05) is 12.4 Å². The van der Waals surface area contributed by atoms with Crippen molar-refractivity contribution < 1.29 is 14.3 Å². The second-order valence-electron chi connectivity index (χ2n) is 4.08. The molecule has 0 unspecified atom stereocenters. The number of amides is 1. The molecule has 20 heavy (non-hydrogen) atoms. The Labute approximate surface area is 125 Å². The monoisotopic (exact) mass is 309 g/mol. The number of carbonyl (C=O) groups excluding carboxylic acids is 2. The van der Waals surface area contributed by atoms with Crippen LogP contribution < -0.4 is 5.32 Å². The van der Waals surface area contributed by atoms with Crippen molar-refractivity contribution in [3.05, 3.63) is 50.7 Å². The van der Waals surface area contributed by atoms with Crippen LogP contribution in [0.5, 0.6) is 0 Å². The van der Waals surface area contributed by atoms with Crippen LogP contribution in [0.2, 0.25) is 4.34 Å². The summed E-state index contributed by atoms with van der Waals surface area (Å²) in [6.45, 7) is 1.85. The summed E-state index contributed by atoms with van der Waals surface area (Å²) in [5.41, 5.74) is 1.81. The van der Waals surface area contributed by atoms with Crippen LogP contribution in [0.25, 0.3) is 0 Å². The number of aryl methyl sites for hydroxylation is 1. The molecular weight excluding hydrogens is 298 g/mol. The molecule has 104 valence electrons. The van der Waals surface area contributed by atoms with Gasteiger partial charge in [-0.25, -0.2) is 4.79 Å². The molecule has 1 amide bonds. The Bertz CT molecular complexity index is 666. The zero-order chi connectivity index (χ0) is 14.7. The van der Waals surface area contributed by atoms with Gasteiger partial charge in [-0.3, -0.25) is 4.79 Å². The number of ether oxygens (including phenoxy) is 1. The normalized spacial score (nSPS) is 10.2. The Kier molecular flexibility index (Phi) is 4.42. The molecule has 2 aromatic rings. The van der Waals surface area contributed by atoms with Crippen molar-refractivity contribution in [3.8, 4) is 0 Å². The molecule has 1 N–H and O–H groups in total. The summed E-state index contributed by atoms with van der Waals surface area (Å²) >= 11 is 7.00. The van der Waals surface area contributed by atoms with Gasteiger partial charge in [-0.15, -0.1) is 11.3 Å². The van der Waals surface area contributed by atoms with Gasteiger partial charge in [0.15, 0.2) is 0 Å². The number of hydrogen-bond acceptors (Lipinski definition) is 4. The topological polar surface area (TPSA) is 55.4 Å². The van der Waals surface area contributed by atoms with Gasteiger partial charge in [-0.2, -0.15) is 0 Å². The highest BCUT2D eigenvalue weighted by atomic mass is 35.5. The van der Waals surface area contributed by atoms with Gasteiger partial charge in [-0.1, -0.05) is 17.7 Å². The molecule has 0 aliphatic heterocycles. The molecule has 0 saturated carbocycles. The minimum atomic E-state index is -0.445. The SMILES string of the molecule is COC(=O)c1ccc(C)c(NC(=O)c2ccc(Cl)s2)c1. The van der Waals surface area contributed by atoms with Crippen LogP contribution in [-0.2, 0) is 4.74 Å². The van der Waals surface area contributed by atoms with E-state index in [1.165, 1.54) is 18.4 Å². The van der Waals surface area contributed by atoms with Crippen molar-refractivity contribution in [1.29, 1.82) is 0 Å². The standard InChI is InChI=1S/C14H12ClNO3S/c1-8-3-4-9(14(18)19-2)7-10(8)16-13(17)11-5-6-12(15)20-11/h3-7H,1-2H3,(H,16,17). The molecule has 2 rings (SSSR count). The van der Waals surface area contributed by atoms with Crippen LogP contribution in [0.4, 0.5) is 5.69 Å². The zero-order valence-corrected chi connectivity index (χ0v) is 12.5. The molecule has 0 radical (unpaired) electrons. The van der Waals surface area contributed by atoms with E-state index in [-0.39, 0.29) is 5.91 Å². The van der Waals surface area contributed by atoms with E-state index in [1.807, 2.05) is 6.92 Å². The van der Waals surface area contributed by atoms with E-state index in [1.54, 1.807) is 30.3 Å². The van der Waals surface area contributed by atoms with Gasteiger partial charge in [0.2, 0.25) is 0 Å². The highest BCUT2D eigenvalue weighted by Crippen LogP contribution is 2.24. The number of rotatable bonds is 3. The highest BCUT2D eigenvalue weighted by molar-refractivity contribution is 7.18. The lowest BCUT2D eigenvalue weighted by atomic mass is 10.1. The number of anilines is 1. The zero-order valence-electron chi connectivity index (χ0n) is 10.9. The second-order valence-corrected chi connectivity index (χ2v) is 5.79. The van der Waals surface area contributed by atoms with Crippen molar-refractivity contribution >= 4 is 40.5 Å². The lowest BCUT2D eigenvalue weighted by Crippen LogP contribution is -2.12. The van der Waals surface area contributed by atoms with Crippen LogP contribution in [-0.4, -0.2) is 19.0 Å². The van der Waals surface area contributed by atoms with E-state index < -0.39 is 5.97 Å². The average molecular weight is 310 g/mol. The van der Waals surface area contributed by atoms with Gasteiger partial charge in [0.05, 0.1) is 21.9 Å². The molecular formula is C14H12ClNO3S. The molecule has 0 saturated heterocycles. The Morgan fingerprint density at radius 3 is 2.60 bits per heavy atom. The number of carbonyl (C=O) groups is 2. The van der Waals surface area contributed by atoms with E-state index in [9.17, 15) is 9.59 Å². The minimum absolute atomic E-state index is 0.257. The van der Waals surface area contributed by atoms with Crippen LogP contribution in [0.3, 0.4) is 0 Å². The van der Waals surface area contributed by atoms with E-state index in [2.05, 4.69) is 10.1 Å². The molecule has 6 heteroatoms. The summed E-state index contributed by atoms with van der Waals surface area (Å²) in [6, 6.07) is 8.32. The highest BCUT2D eigenvalue weighted by Gasteiger charge is 2.13. The van der Waals surface area contributed by atoms with Crippen LogP contribution >= 0.6 is 22.9 Å². The van der Waals surface area contributed by atoms with Gasteiger partial charge >= 0.3 is 5.97 Å². The summed E-state index contributed by atoms with van der Waals surface area (Å²) < 4.78 is 5.21. The van der Waals surface area contributed by atoms with E-state index in [4.69, 9.17) is 11.6 Å². The van der Waals surface area contributed by atoms with Gasteiger partial charge < -0.3 is 10.1 Å². The molecule has 4 nitrogen and oxygen atoms in total. The second kappa shape index (κ2) is 6.07. The van der Waals surface area contributed by atoms with Gasteiger partial charge in [-0.05, 0) is 36.8 Å². The predicted molar refractivity (Wildman–Crippen MR) is 79.8 cm³/mol. The fourth-order valence-corrected chi connectivity index (χ4v) is 2.56. The summed E-state index contributed by atoms with van der Waals surface area (Å²) in [7, 11) is 1.31. The molecule has 1 aromatic carbocycles. The minimum Gasteiger partial charge on any atom is -0.465 e. The fourth-order valence-electron chi connectivity index (χ4n) is 1.62. The molecule has 0 aliphatic rings. The molecule has 1 heterocycles. The van der Waals surface area contributed by atoms with Crippen molar-refractivity contribution in [2.45, 2.75) is 6.92 Å². The van der Waals surface area contributed by atoms with Crippen molar-refractivity contribution in [2.24, 2.45) is 0 Å². The van der Waals surface area contributed by atoms with Crippen LogP contribution in [0.1, 0.15) is 25.6 Å². The van der Waals surface area contributed by atoms with E-state index in [0.29, 0.717) is 20.5 Å². The summed E-state index contributed by atoms with van der Waals surface area (Å²) in [5, 5.41) is 2.76. The van der Waals surface area contributed by atoms with Gasteiger partial charge in [0, 0.05) is 5.69 Å². The Balaban J connectivity index is 2.24. The maximum absolute atomic E-state index is 12.1. The van der Waals surface area contributed by atoms with Crippen molar-refractivity contribution in [1.82, 2.24) is 0 Å². The van der Waals surface area contributed by atoms with Crippen LogP contribution in [0.15, 0.2) is 30.3 Å². The number of esters is 1.